The molecule has 1 aromatic carbocycles. The number of aromatic nitrogens is 1. The Labute approximate surface area is 124 Å². The van der Waals surface area contributed by atoms with E-state index in [1.165, 1.54) is 6.07 Å². The van der Waals surface area contributed by atoms with Crippen LogP contribution in [0, 0.1) is 18.6 Å². The summed E-state index contributed by atoms with van der Waals surface area (Å²) in [7, 11) is 0. The van der Waals surface area contributed by atoms with E-state index in [2.05, 4.69) is 10.3 Å². The molecule has 7 heteroatoms. The zero-order valence-corrected chi connectivity index (χ0v) is 11.7. The Morgan fingerprint density at radius 1 is 1.32 bits per heavy atom. The summed E-state index contributed by atoms with van der Waals surface area (Å²) in [6.07, 6.45) is -1.35. The molecule has 0 saturated carbocycles. The molecule has 2 aromatic rings. The van der Waals surface area contributed by atoms with Gasteiger partial charge in [0.25, 0.3) is 11.5 Å². The highest BCUT2D eigenvalue weighted by atomic mass is 19.1. The number of hydrogen-bond donors (Lipinski definition) is 3. The maximum absolute atomic E-state index is 13.5. The molecule has 1 aromatic heterocycles. The van der Waals surface area contributed by atoms with Crippen LogP contribution in [0.2, 0.25) is 0 Å². The fourth-order valence-corrected chi connectivity index (χ4v) is 1.92. The predicted octanol–water partition coefficient (Wildman–Crippen LogP) is 1.42. The van der Waals surface area contributed by atoms with Crippen molar-refractivity contribution < 1.29 is 18.7 Å². The van der Waals surface area contributed by atoms with Crippen LogP contribution in [-0.2, 0) is 0 Å². The molecule has 5 nitrogen and oxygen atoms in total. The number of H-pyrrole nitrogens is 1. The van der Waals surface area contributed by atoms with Crippen molar-refractivity contribution in [1.29, 1.82) is 0 Å². The van der Waals surface area contributed by atoms with E-state index in [0.717, 1.165) is 12.1 Å². The van der Waals surface area contributed by atoms with Crippen molar-refractivity contribution in [2.24, 2.45) is 0 Å². The van der Waals surface area contributed by atoms with Crippen LogP contribution in [0.1, 0.15) is 27.7 Å². The highest BCUT2D eigenvalue weighted by Gasteiger charge is 2.16. The number of halogens is 2. The minimum Gasteiger partial charge on any atom is -0.386 e. The van der Waals surface area contributed by atoms with Gasteiger partial charge in [-0.2, -0.15) is 0 Å². The summed E-state index contributed by atoms with van der Waals surface area (Å²) in [5.74, 6) is -2.36. The van der Waals surface area contributed by atoms with E-state index in [0.29, 0.717) is 11.8 Å². The zero-order chi connectivity index (χ0) is 16.3. The summed E-state index contributed by atoms with van der Waals surface area (Å²) >= 11 is 0. The zero-order valence-electron chi connectivity index (χ0n) is 11.7. The van der Waals surface area contributed by atoms with Crippen LogP contribution < -0.4 is 10.9 Å². The summed E-state index contributed by atoms with van der Waals surface area (Å²) in [5.41, 5.74) is -0.202. The van der Waals surface area contributed by atoms with Gasteiger partial charge in [-0.05, 0) is 25.1 Å². The van der Waals surface area contributed by atoms with Crippen molar-refractivity contribution in [3.05, 3.63) is 69.1 Å². The summed E-state index contributed by atoms with van der Waals surface area (Å²) < 4.78 is 26.3. The molecule has 0 aliphatic heterocycles. The highest BCUT2D eigenvalue weighted by Crippen LogP contribution is 2.17. The lowest BCUT2D eigenvalue weighted by Gasteiger charge is -2.13. The van der Waals surface area contributed by atoms with E-state index in [1.807, 2.05) is 0 Å². The second-order valence-corrected chi connectivity index (χ2v) is 4.78. The molecule has 0 spiro atoms. The van der Waals surface area contributed by atoms with Crippen LogP contribution >= 0.6 is 0 Å². The molecule has 22 heavy (non-hydrogen) atoms. The van der Waals surface area contributed by atoms with E-state index >= 15 is 0 Å². The maximum Gasteiger partial charge on any atom is 0.260 e. The number of pyridine rings is 1. The van der Waals surface area contributed by atoms with E-state index in [9.17, 15) is 23.5 Å². The molecule has 1 unspecified atom stereocenters. The SMILES string of the molecule is Cc1ccc(C(=O)NCC(O)c2ccc(F)cc2F)c(=O)[nH]1. The lowest BCUT2D eigenvalue weighted by atomic mass is 10.1. The third-order valence-corrected chi connectivity index (χ3v) is 3.08. The number of nitrogens with one attached hydrogen (secondary N) is 2. The van der Waals surface area contributed by atoms with Gasteiger partial charge in [-0.15, -0.1) is 0 Å². The summed E-state index contributed by atoms with van der Waals surface area (Å²) in [6.45, 7) is 1.36. The number of hydrogen-bond acceptors (Lipinski definition) is 3. The second-order valence-electron chi connectivity index (χ2n) is 4.78. The number of aryl methyl sites for hydroxylation is 1. The molecule has 0 saturated heterocycles. The Balaban J connectivity index is 2.05. The molecule has 1 amide bonds. The van der Waals surface area contributed by atoms with Gasteiger partial charge in [-0.1, -0.05) is 6.07 Å². The molecule has 0 aliphatic carbocycles. The van der Waals surface area contributed by atoms with Gasteiger partial charge in [0.2, 0.25) is 0 Å². The van der Waals surface area contributed by atoms with Crippen molar-refractivity contribution >= 4 is 5.91 Å². The number of amides is 1. The molecule has 0 radical (unpaired) electrons. The second kappa shape index (κ2) is 6.48. The molecule has 0 aliphatic rings. The first-order valence-corrected chi connectivity index (χ1v) is 6.49. The van der Waals surface area contributed by atoms with E-state index in [-0.39, 0.29) is 17.7 Å². The summed E-state index contributed by atoms with van der Waals surface area (Å²) in [4.78, 5) is 25.9. The topological polar surface area (TPSA) is 82.2 Å². The molecule has 0 bridgehead atoms. The fourth-order valence-electron chi connectivity index (χ4n) is 1.92. The Morgan fingerprint density at radius 2 is 2.05 bits per heavy atom. The molecule has 116 valence electrons. The van der Waals surface area contributed by atoms with Crippen molar-refractivity contribution in [1.82, 2.24) is 10.3 Å². The van der Waals surface area contributed by atoms with Crippen LogP contribution in [0.4, 0.5) is 8.78 Å². The first-order valence-electron chi connectivity index (χ1n) is 6.49. The quantitative estimate of drug-likeness (QED) is 0.799. The molecule has 0 fully saturated rings. The van der Waals surface area contributed by atoms with Gasteiger partial charge in [0.15, 0.2) is 0 Å². The Hall–Kier alpha value is -2.54. The first-order chi connectivity index (χ1) is 10.4. The number of carbonyl (C=O) groups is 1. The van der Waals surface area contributed by atoms with Crippen molar-refractivity contribution in [3.8, 4) is 0 Å². The maximum atomic E-state index is 13.5. The normalized spacial score (nSPS) is 12.0. The van der Waals surface area contributed by atoms with Gasteiger partial charge >= 0.3 is 0 Å². The largest absolute Gasteiger partial charge is 0.386 e. The smallest absolute Gasteiger partial charge is 0.260 e. The molecular formula is C15H14F2N2O3. The van der Waals surface area contributed by atoms with Crippen molar-refractivity contribution in [2.45, 2.75) is 13.0 Å². The Bertz CT molecular complexity index is 759. The third kappa shape index (κ3) is 3.56. The van der Waals surface area contributed by atoms with Crippen LogP contribution in [-0.4, -0.2) is 22.5 Å². The van der Waals surface area contributed by atoms with E-state index in [1.54, 1.807) is 13.0 Å². The first kappa shape index (κ1) is 15.8. The highest BCUT2D eigenvalue weighted by molar-refractivity contribution is 5.93. The van der Waals surface area contributed by atoms with Gasteiger partial charge < -0.3 is 15.4 Å². The lowest BCUT2D eigenvalue weighted by molar-refractivity contribution is 0.0912. The third-order valence-electron chi connectivity index (χ3n) is 3.08. The monoisotopic (exact) mass is 308 g/mol. The Kier molecular flexibility index (Phi) is 4.67. The van der Waals surface area contributed by atoms with Crippen molar-refractivity contribution in [3.63, 3.8) is 0 Å². The van der Waals surface area contributed by atoms with Gasteiger partial charge in [0.05, 0.1) is 6.10 Å². The van der Waals surface area contributed by atoms with Crippen LogP contribution in [0.5, 0.6) is 0 Å². The number of aliphatic hydroxyl groups is 1. The minimum atomic E-state index is -1.35. The minimum absolute atomic E-state index is 0.114. The molecule has 2 rings (SSSR count). The molecule has 1 heterocycles. The Morgan fingerprint density at radius 3 is 2.68 bits per heavy atom. The van der Waals surface area contributed by atoms with Gasteiger partial charge in [0, 0.05) is 23.9 Å². The van der Waals surface area contributed by atoms with Crippen LogP contribution in [0.15, 0.2) is 35.1 Å². The van der Waals surface area contributed by atoms with Crippen LogP contribution in [0.3, 0.4) is 0 Å². The number of aliphatic hydroxyl groups excluding tert-OH is 1. The van der Waals surface area contributed by atoms with E-state index in [4.69, 9.17) is 0 Å². The average Bonchev–Trinajstić information content (AvgIpc) is 2.44. The summed E-state index contributed by atoms with van der Waals surface area (Å²) in [5, 5.41) is 12.2. The number of benzene rings is 1. The van der Waals surface area contributed by atoms with Gasteiger partial charge in [-0.3, -0.25) is 9.59 Å². The van der Waals surface area contributed by atoms with E-state index < -0.39 is 29.2 Å². The standard InChI is InChI=1S/C15H14F2N2O3/c1-8-2-4-11(15(22)19-8)14(21)18-7-13(20)10-5-3-9(16)6-12(10)17/h2-6,13,20H,7H2,1H3,(H,18,21)(H,19,22). The predicted molar refractivity (Wildman–Crippen MR) is 75.5 cm³/mol. The molecule has 1 atom stereocenters. The molecule has 3 N–H and O–H groups in total. The molecular weight excluding hydrogens is 294 g/mol. The number of aromatic amines is 1. The van der Waals surface area contributed by atoms with Crippen molar-refractivity contribution in [2.75, 3.05) is 6.54 Å². The number of carbonyl (C=O) groups excluding carboxylic acids is 1. The van der Waals surface area contributed by atoms with Crippen LogP contribution in [0.25, 0.3) is 0 Å². The van der Waals surface area contributed by atoms with Gasteiger partial charge in [0.1, 0.15) is 17.2 Å². The lowest BCUT2D eigenvalue weighted by Crippen LogP contribution is -2.32. The average molecular weight is 308 g/mol. The fraction of sp³-hybridized carbons (Fsp3) is 0.200. The summed E-state index contributed by atoms with van der Waals surface area (Å²) in [6, 6.07) is 5.67. The van der Waals surface area contributed by atoms with Gasteiger partial charge in [-0.25, -0.2) is 8.78 Å². The number of rotatable bonds is 4.